The van der Waals surface area contributed by atoms with Crippen LogP contribution < -0.4 is 5.63 Å². The Bertz CT molecular complexity index is 443. The third kappa shape index (κ3) is 2.87. The van der Waals surface area contributed by atoms with Crippen molar-refractivity contribution in [3.63, 3.8) is 0 Å². The molecule has 4 heteroatoms. The zero-order valence-corrected chi connectivity index (χ0v) is 9.85. The van der Waals surface area contributed by atoms with Gasteiger partial charge in [0, 0.05) is 11.3 Å². The highest BCUT2D eigenvalue weighted by Crippen LogP contribution is 2.19. The van der Waals surface area contributed by atoms with Crippen molar-refractivity contribution in [3.05, 3.63) is 27.8 Å². The quantitative estimate of drug-likeness (QED) is 0.738. The molecule has 0 aliphatic rings. The monoisotopic (exact) mass is 223 g/mol. The molecule has 0 aliphatic heterocycles. The van der Waals surface area contributed by atoms with E-state index in [9.17, 15) is 4.79 Å². The fraction of sp³-hybridized carbons (Fsp3) is 0.455. The standard InChI is InChI=1S/C11H13NO2S/c1-7(2)4-8-5-10(15-3)9(6-12)11(13)14-8/h5,7H,4H2,1-3H3. The summed E-state index contributed by atoms with van der Waals surface area (Å²) in [6.45, 7) is 4.11. The summed E-state index contributed by atoms with van der Waals surface area (Å²) < 4.78 is 5.06. The van der Waals surface area contributed by atoms with Gasteiger partial charge in [0.15, 0.2) is 5.56 Å². The third-order valence-electron chi connectivity index (χ3n) is 1.91. The van der Waals surface area contributed by atoms with Gasteiger partial charge in [0.1, 0.15) is 11.8 Å². The molecule has 1 aromatic rings. The Morgan fingerprint density at radius 1 is 1.60 bits per heavy atom. The van der Waals surface area contributed by atoms with E-state index < -0.39 is 5.63 Å². The maximum absolute atomic E-state index is 11.4. The van der Waals surface area contributed by atoms with E-state index in [-0.39, 0.29) is 5.56 Å². The van der Waals surface area contributed by atoms with Crippen LogP contribution in [0.15, 0.2) is 20.2 Å². The van der Waals surface area contributed by atoms with Crippen LogP contribution in [0.25, 0.3) is 0 Å². The van der Waals surface area contributed by atoms with Crippen LogP contribution in [-0.2, 0) is 6.42 Å². The maximum Gasteiger partial charge on any atom is 0.355 e. The molecule has 0 fully saturated rings. The summed E-state index contributed by atoms with van der Waals surface area (Å²) in [4.78, 5) is 12.1. The lowest BCUT2D eigenvalue weighted by Crippen LogP contribution is -2.09. The molecule has 0 spiro atoms. The first kappa shape index (κ1) is 11.9. The molecule has 0 bridgehead atoms. The van der Waals surface area contributed by atoms with Crippen LogP contribution in [0.4, 0.5) is 0 Å². The lowest BCUT2D eigenvalue weighted by molar-refractivity contribution is 0.427. The molecule has 0 unspecified atom stereocenters. The smallest absolute Gasteiger partial charge is 0.355 e. The van der Waals surface area contributed by atoms with E-state index in [2.05, 4.69) is 13.8 Å². The largest absolute Gasteiger partial charge is 0.427 e. The van der Waals surface area contributed by atoms with E-state index in [1.165, 1.54) is 11.8 Å². The van der Waals surface area contributed by atoms with E-state index in [1.807, 2.05) is 12.3 Å². The minimum Gasteiger partial charge on any atom is -0.427 e. The Labute approximate surface area is 93.1 Å². The van der Waals surface area contributed by atoms with Gasteiger partial charge >= 0.3 is 5.63 Å². The molecule has 0 saturated carbocycles. The van der Waals surface area contributed by atoms with Crippen LogP contribution in [0.1, 0.15) is 25.2 Å². The highest BCUT2D eigenvalue weighted by molar-refractivity contribution is 7.98. The first-order valence-corrected chi connectivity index (χ1v) is 5.92. The van der Waals surface area contributed by atoms with E-state index >= 15 is 0 Å². The lowest BCUT2D eigenvalue weighted by atomic mass is 10.1. The van der Waals surface area contributed by atoms with Crippen LogP contribution in [-0.4, -0.2) is 6.26 Å². The van der Waals surface area contributed by atoms with Gasteiger partial charge in [0.05, 0.1) is 0 Å². The number of hydrogen-bond acceptors (Lipinski definition) is 4. The Kier molecular flexibility index (Phi) is 3.98. The Morgan fingerprint density at radius 3 is 2.73 bits per heavy atom. The Hall–Kier alpha value is -1.21. The molecule has 0 amide bonds. The first-order chi connectivity index (χ1) is 7.08. The van der Waals surface area contributed by atoms with Gasteiger partial charge in [-0.25, -0.2) is 4.79 Å². The van der Waals surface area contributed by atoms with E-state index in [1.54, 1.807) is 6.07 Å². The molecule has 1 aromatic heterocycles. The highest BCUT2D eigenvalue weighted by Gasteiger charge is 2.11. The predicted octanol–water partition coefficient (Wildman–Crippen LogP) is 2.43. The number of thioether (sulfide) groups is 1. The second kappa shape index (κ2) is 5.04. The molecule has 0 saturated heterocycles. The molecular weight excluding hydrogens is 210 g/mol. The number of rotatable bonds is 3. The summed E-state index contributed by atoms with van der Waals surface area (Å²) in [6, 6.07) is 3.65. The second-order valence-electron chi connectivity index (χ2n) is 3.65. The molecule has 0 atom stereocenters. The molecule has 0 aromatic carbocycles. The number of nitriles is 1. The Balaban J connectivity index is 3.21. The van der Waals surface area contributed by atoms with Crippen LogP contribution in [0.3, 0.4) is 0 Å². The summed E-state index contributed by atoms with van der Waals surface area (Å²) in [5.41, 5.74) is -0.421. The van der Waals surface area contributed by atoms with E-state index in [4.69, 9.17) is 9.68 Å². The van der Waals surface area contributed by atoms with Crippen LogP contribution in [0.5, 0.6) is 0 Å². The molecular formula is C11H13NO2S. The summed E-state index contributed by atoms with van der Waals surface area (Å²) in [5, 5.41) is 8.78. The summed E-state index contributed by atoms with van der Waals surface area (Å²) in [5.74, 6) is 1.08. The third-order valence-corrected chi connectivity index (χ3v) is 2.67. The molecule has 3 nitrogen and oxygen atoms in total. The Morgan fingerprint density at radius 2 is 2.27 bits per heavy atom. The SMILES string of the molecule is CSc1cc(CC(C)C)oc(=O)c1C#N. The summed E-state index contributed by atoms with van der Waals surface area (Å²) in [6.07, 6.45) is 2.56. The molecule has 0 radical (unpaired) electrons. The fourth-order valence-electron chi connectivity index (χ4n) is 1.28. The van der Waals surface area contributed by atoms with Crippen molar-refractivity contribution >= 4 is 11.8 Å². The van der Waals surface area contributed by atoms with Gasteiger partial charge < -0.3 is 4.42 Å². The molecule has 0 N–H and O–H groups in total. The molecule has 1 heterocycles. The van der Waals surface area contributed by atoms with Crippen molar-refractivity contribution in [2.24, 2.45) is 5.92 Å². The highest BCUT2D eigenvalue weighted by atomic mass is 32.2. The van der Waals surface area contributed by atoms with Gasteiger partial charge in [0.25, 0.3) is 0 Å². The number of nitrogens with zero attached hydrogens (tertiary/aromatic N) is 1. The zero-order chi connectivity index (χ0) is 11.4. The summed E-state index contributed by atoms with van der Waals surface area (Å²) in [7, 11) is 0. The van der Waals surface area contributed by atoms with Crippen molar-refractivity contribution in [1.29, 1.82) is 5.26 Å². The van der Waals surface area contributed by atoms with Gasteiger partial charge in [-0.1, -0.05) is 13.8 Å². The average Bonchev–Trinajstić information content (AvgIpc) is 2.15. The van der Waals surface area contributed by atoms with E-state index in [0.29, 0.717) is 23.0 Å². The van der Waals surface area contributed by atoms with Crippen molar-refractivity contribution in [2.45, 2.75) is 25.2 Å². The van der Waals surface area contributed by atoms with Crippen molar-refractivity contribution in [3.8, 4) is 6.07 Å². The predicted molar refractivity (Wildman–Crippen MR) is 60.0 cm³/mol. The average molecular weight is 223 g/mol. The normalized spacial score (nSPS) is 10.3. The van der Waals surface area contributed by atoms with Crippen LogP contribution in [0.2, 0.25) is 0 Å². The first-order valence-electron chi connectivity index (χ1n) is 4.69. The van der Waals surface area contributed by atoms with Crippen molar-refractivity contribution in [1.82, 2.24) is 0 Å². The van der Waals surface area contributed by atoms with Crippen LogP contribution >= 0.6 is 11.8 Å². The van der Waals surface area contributed by atoms with Gasteiger partial charge in [-0.2, -0.15) is 5.26 Å². The van der Waals surface area contributed by atoms with Crippen LogP contribution in [0, 0.1) is 17.2 Å². The maximum atomic E-state index is 11.4. The van der Waals surface area contributed by atoms with Gasteiger partial charge in [0.2, 0.25) is 0 Å². The fourth-order valence-corrected chi connectivity index (χ4v) is 1.87. The molecule has 80 valence electrons. The van der Waals surface area contributed by atoms with Gasteiger partial charge in [-0.15, -0.1) is 11.8 Å². The van der Waals surface area contributed by atoms with Gasteiger partial charge in [-0.05, 0) is 18.2 Å². The second-order valence-corrected chi connectivity index (χ2v) is 4.50. The molecule has 0 aliphatic carbocycles. The minimum atomic E-state index is -0.528. The van der Waals surface area contributed by atoms with Crippen molar-refractivity contribution in [2.75, 3.05) is 6.26 Å². The zero-order valence-electron chi connectivity index (χ0n) is 9.03. The molecule has 15 heavy (non-hydrogen) atoms. The summed E-state index contributed by atoms with van der Waals surface area (Å²) >= 11 is 1.39. The van der Waals surface area contributed by atoms with Gasteiger partial charge in [-0.3, -0.25) is 0 Å². The van der Waals surface area contributed by atoms with E-state index in [0.717, 1.165) is 0 Å². The topological polar surface area (TPSA) is 54.0 Å². The minimum absolute atomic E-state index is 0.106. The molecule has 1 rings (SSSR count). The number of hydrogen-bond donors (Lipinski definition) is 0. The van der Waals surface area contributed by atoms with Crippen molar-refractivity contribution < 1.29 is 4.42 Å². The lowest BCUT2D eigenvalue weighted by Gasteiger charge is -2.05.